The van der Waals surface area contributed by atoms with Gasteiger partial charge in [-0.2, -0.15) is 5.26 Å². The summed E-state index contributed by atoms with van der Waals surface area (Å²) in [6.07, 6.45) is 1.78. The largest absolute Gasteiger partial charge is 0.385 e. The Balaban J connectivity index is 1.42. The second-order valence-corrected chi connectivity index (χ2v) is 11.0. The molecule has 0 amide bonds. The number of nitrogens with one attached hydrogen (secondary N) is 1. The Hall–Kier alpha value is -3.18. The van der Waals surface area contributed by atoms with Crippen molar-refractivity contribution >= 4 is 22.4 Å². The number of anilines is 1. The summed E-state index contributed by atoms with van der Waals surface area (Å²) in [4.78, 5) is 22.6. The van der Waals surface area contributed by atoms with E-state index in [4.69, 9.17) is 9.47 Å². The highest BCUT2D eigenvalue weighted by molar-refractivity contribution is 6.20. The molecule has 192 valence electrons. The van der Waals surface area contributed by atoms with Crippen LogP contribution < -0.4 is 4.90 Å². The Labute approximate surface area is 218 Å². The van der Waals surface area contributed by atoms with E-state index in [9.17, 15) is 10.1 Å². The van der Waals surface area contributed by atoms with Crippen LogP contribution in [0.25, 0.3) is 10.9 Å². The summed E-state index contributed by atoms with van der Waals surface area (Å²) in [5, 5.41) is 10.3. The predicted octanol–water partition coefficient (Wildman–Crippen LogP) is 4.01. The fraction of sp³-hybridized carbons (Fsp3) is 0.467. The molecule has 3 aromatic rings. The van der Waals surface area contributed by atoms with Crippen LogP contribution in [0.15, 0.2) is 30.3 Å². The Morgan fingerprint density at radius 3 is 2.62 bits per heavy atom. The molecule has 7 heteroatoms. The van der Waals surface area contributed by atoms with Gasteiger partial charge in [0.05, 0.1) is 36.5 Å². The van der Waals surface area contributed by atoms with Gasteiger partial charge in [-0.25, -0.2) is 0 Å². The number of fused-ring (bicyclic) bond motifs is 4. The Kier molecular flexibility index (Phi) is 6.07. The lowest BCUT2D eigenvalue weighted by Crippen LogP contribution is -2.56. The molecule has 0 spiro atoms. The van der Waals surface area contributed by atoms with E-state index in [0.29, 0.717) is 18.2 Å². The van der Waals surface area contributed by atoms with E-state index in [2.05, 4.69) is 46.8 Å². The van der Waals surface area contributed by atoms with Crippen molar-refractivity contribution in [2.45, 2.75) is 38.1 Å². The predicted molar refractivity (Wildman–Crippen MR) is 144 cm³/mol. The van der Waals surface area contributed by atoms with E-state index < -0.39 is 0 Å². The summed E-state index contributed by atoms with van der Waals surface area (Å²) in [7, 11) is 1.74. The number of ketones is 1. The monoisotopic (exact) mass is 498 g/mol. The molecule has 1 aromatic heterocycles. The quantitative estimate of drug-likeness (QED) is 0.517. The van der Waals surface area contributed by atoms with Crippen LogP contribution in [0.2, 0.25) is 0 Å². The normalized spacial score (nSPS) is 19.4. The first kappa shape index (κ1) is 24.2. The number of aryl methyl sites for hydroxylation is 1. The third-order valence-electron chi connectivity index (χ3n) is 8.50. The Bertz CT molecular complexity index is 1400. The van der Waals surface area contributed by atoms with Gasteiger partial charge in [-0.3, -0.25) is 9.69 Å². The van der Waals surface area contributed by atoms with Crippen molar-refractivity contribution in [2.24, 2.45) is 0 Å². The number of carbonyl (C=O) groups excluding carboxylic acids is 1. The van der Waals surface area contributed by atoms with E-state index in [-0.39, 0.29) is 11.2 Å². The van der Waals surface area contributed by atoms with Gasteiger partial charge in [-0.05, 0) is 48.2 Å². The second kappa shape index (κ2) is 9.29. The summed E-state index contributed by atoms with van der Waals surface area (Å²) in [5.74, 6) is 0.0645. The SMILES string of the molecule is COCCCc1cc2c(cc1N1CCN(C3COC3)CC1)C(C)(C)c1[nH]c3cc(C#N)ccc3c1C2=O. The van der Waals surface area contributed by atoms with Gasteiger partial charge in [0.25, 0.3) is 0 Å². The minimum Gasteiger partial charge on any atom is -0.385 e. The fourth-order valence-corrected chi connectivity index (χ4v) is 6.24. The minimum atomic E-state index is -0.380. The third-order valence-corrected chi connectivity index (χ3v) is 8.50. The topological polar surface area (TPSA) is 81.6 Å². The van der Waals surface area contributed by atoms with Crippen molar-refractivity contribution in [2.75, 3.05) is 58.0 Å². The van der Waals surface area contributed by atoms with Crippen LogP contribution in [0.5, 0.6) is 0 Å². The molecule has 3 aliphatic rings. The van der Waals surface area contributed by atoms with Crippen LogP contribution in [0.4, 0.5) is 5.69 Å². The van der Waals surface area contributed by atoms with E-state index in [1.807, 2.05) is 12.1 Å². The molecule has 0 saturated carbocycles. The number of hydrogen-bond donors (Lipinski definition) is 1. The number of H-pyrrole nitrogens is 1. The fourth-order valence-electron chi connectivity index (χ4n) is 6.24. The van der Waals surface area contributed by atoms with Gasteiger partial charge in [0, 0.05) is 73.2 Å². The summed E-state index contributed by atoms with van der Waals surface area (Å²) >= 11 is 0. The van der Waals surface area contributed by atoms with E-state index >= 15 is 0 Å². The molecule has 2 aromatic carbocycles. The van der Waals surface area contributed by atoms with E-state index in [1.54, 1.807) is 13.2 Å². The van der Waals surface area contributed by atoms with Gasteiger partial charge in [-0.1, -0.05) is 19.9 Å². The maximum Gasteiger partial charge on any atom is 0.195 e. The Morgan fingerprint density at radius 1 is 1.16 bits per heavy atom. The van der Waals surface area contributed by atoms with Crippen LogP contribution in [-0.4, -0.2) is 74.8 Å². The highest BCUT2D eigenvalue weighted by Crippen LogP contribution is 2.46. The van der Waals surface area contributed by atoms with E-state index in [1.165, 1.54) is 11.3 Å². The lowest BCUT2D eigenvalue weighted by molar-refractivity contribution is -0.0660. The summed E-state index contributed by atoms with van der Waals surface area (Å²) in [5.41, 5.74) is 7.05. The van der Waals surface area contributed by atoms with Crippen molar-refractivity contribution in [3.05, 3.63) is 63.8 Å². The number of hydrogen-bond acceptors (Lipinski definition) is 6. The highest BCUT2D eigenvalue weighted by atomic mass is 16.5. The van der Waals surface area contributed by atoms with Crippen molar-refractivity contribution < 1.29 is 14.3 Å². The van der Waals surface area contributed by atoms with Crippen molar-refractivity contribution in [3.63, 3.8) is 0 Å². The molecule has 37 heavy (non-hydrogen) atoms. The summed E-state index contributed by atoms with van der Waals surface area (Å²) in [6, 6.07) is 12.8. The molecule has 7 nitrogen and oxygen atoms in total. The zero-order chi connectivity index (χ0) is 25.7. The molecule has 0 radical (unpaired) electrons. The second-order valence-electron chi connectivity index (χ2n) is 11.0. The van der Waals surface area contributed by atoms with Gasteiger partial charge in [0.1, 0.15) is 0 Å². The molecule has 1 N–H and O–H groups in total. The lowest BCUT2D eigenvalue weighted by atomic mass is 9.70. The standard InChI is InChI=1S/C30H34N4O3/c1-30(2)24-15-26(34-10-8-33(9-11-34)21-17-37-18-21)20(5-4-12-36-3)14-23(24)28(35)27-22-7-6-19(16-31)13-25(22)32-29(27)30/h6-7,13-15,21,32H,4-5,8-12,17-18H2,1-3H3. The number of nitriles is 1. The molecule has 2 saturated heterocycles. The van der Waals surface area contributed by atoms with Gasteiger partial charge >= 0.3 is 0 Å². The molecule has 0 atom stereocenters. The first-order valence-electron chi connectivity index (χ1n) is 13.3. The number of ether oxygens (including phenoxy) is 2. The highest BCUT2D eigenvalue weighted by Gasteiger charge is 2.41. The molecular formula is C30H34N4O3. The molecule has 0 bridgehead atoms. The zero-order valence-electron chi connectivity index (χ0n) is 21.9. The average molecular weight is 499 g/mol. The van der Waals surface area contributed by atoms with Crippen LogP contribution in [-0.2, 0) is 21.3 Å². The van der Waals surface area contributed by atoms with Gasteiger partial charge in [0.15, 0.2) is 5.78 Å². The maximum absolute atomic E-state index is 14.0. The number of rotatable bonds is 6. The number of benzene rings is 2. The third kappa shape index (κ3) is 3.95. The van der Waals surface area contributed by atoms with Crippen molar-refractivity contribution in [1.82, 2.24) is 9.88 Å². The van der Waals surface area contributed by atoms with Gasteiger partial charge in [-0.15, -0.1) is 0 Å². The number of carbonyl (C=O) groups is 1. The van der Waals surface area contributed by atoms with Crippen LogP contribution >= 0.6 is 0 Å². The van der Waals surface area contributed by atoms with Crippen molar-refractivity contribution in [1.29, 1.82) is 5.26 Å². The summed E-state index contributed by atoms with van der Waals surface area (Å²) < 4.78 is 10.8. The summed E-state index contributed by atoms with van der Waals surface area (Å²) in [6.45, 7) is 10.8. The average Bonchev–Trinajstić information content (AvgIpc) is 3.27. The number of aromatic amines is 1. The molecule has 2 aliphatic heterocycles. The molecule has 2 fully saturated rings. The molecule has 1 aliphatic carbocycles. The van der Waals surface area contributed by atoms with Crippen molar-refractivity contribution in [3.8, 4) is 6.07 Å². The van der Waals surface area contributed by atoms with Gasteiger partial charge < -0.3 is 19.4 Å². The van der Waals surface area contributed by atoms with Crippen LogP contribution in [0.1, 0.15) is 58.6 Å². The van der Waals surface area contributed by atoms with Crippen LogP contribution in [0, 0.1) is 11.3 Å². The number of aromatic nitrogens is 1. The van der Waals surface area contributed by atoms with Crippen LogP contribution in [0.3, 0.4) is 0 Å². The van der Waals surface area contributed by atoms with E-state index in [0.717, 1.165) is 85.5 Å². The van der Waals surface area contributed by atoms with Gasteiger partial charge in [0.2, 0.25) is 0 Å². The molecule has 3 heterocycles. The lowest BCUT2D eigenvalue weighted by Gasteiger charge is -2.44. The zero-order valence-corrected chi connectivity index (χ0v) is 21.9. The number of methoxy groups -OCH3 is 1. The first-order valence-corrected chi connectivity index (χ1v) is 13.3. The minimum absolute atomic E-state index is 0.0645. The smallest absolute Gasteiger partial charge is 0.195 e. The first-order chi connectivity index (χ1) is 17.9. The Morgan fingerprint density at radius 2 is 1.95 bits per heavy atom. The molecule has 6 rings (SSSR count). The maximum atomic E-state index is 14.0. The molecule has 0 unspecified atom stereocenters. The number of nitrogens with zero attached hydrogens (tertiary/aromatic N) is 3. The molecular weight excluding hydrogens is 464 g/mol. The number of piperazine rings is 1.